The lowest BCUT2D eigenvalue weighted by atomic mass is 10.0. The first kappa shape index (κ1) is 19.6. The molecule has 0 unspecified atom stereocenters. The van der Waals surface area contributed by atoms with Crippen molar-refractivity contribution in [1.29, 1.82) is 0 Å². The van der Waals surface area contributed by atoms with Crippen molar-refractivity contribution in [3.63, 3.8) is 0 Å². The first-order valence-corrected chi connectivity index (χ1v) is 9.78. The summed E-state index contributed by atoms with van der Waals surface area (Å²) in [6, 6.07) is 19.6. The Labute approximate surface area is 174 Å². The third kappa shape index (κ3) is 4.17. The molecule has 0 radical (unpaired) electrons. The third-order valence-electron chi connectivity index (χ3n) is 4.68. The van der Waals surface area contributed by atoms with Gasteiger partial charge >= 0.3 is 0 Å². The molecule has 0 amide bonds. The van der Waals surface area contributed by atoms with Gasteiger partial charge in [0.15, 0.2) is 5.84 Å². The Morgan fingerprint density at radius 2 is 1.60 bits per heavy atom. The van der Waals surface area contributed by atoms with E-state index < -0.39 is 0 Å². The van der Waals surface area contributed by atoms with Crippen LogP contribution in [0.2, 0.25) is 0 Å². The van der Waals surface area contributed by atoms with Crippen molar-refractivity contribution in [2.24, 2.45) is 10.1 Å². The summed E-state index contributed by atoms with van der Waals surface area (Å²) in [6.07, 6.45) is 0.953. The van der Waals surface area contributed by atoms with Gasteiger partial charge in [0.1, 0.15) is 23.0 Å². The summed E-state index contributed by atoms with van der Waals surface area (Å²) in [7, 11) is 1.63. The Hall–Kier alpha value is -3.67. The summed E-state index contributed by atoms with van der Waals surface area (Å²) in [4.78, 5) is 4.74. The molecular weight excluding hydrogens is 381 g/mol. The molecule has 0 atom stereocenters. The summed E-state index contributed by atoms with van der Waals surface area (Å²) in [5, 5.41) is 4.63. The van der Waals surface area contributed by atoms with Crippen molar-refractivity contribution >= 4 is 17.2 Å². The molecule has 3 aromatic rings. The normalized spacial score (nSPS) is 12.8. The van der Waals surface area contributed by atoms with E-state index in [1.807, 2.05) is 42.5 Å². The second-order valence-corrected chi connectivity index (χ2v) is 6.80. The number of nitrogens with one attached hydrogen (secondary N) is 1. The Bertz CT molecular complexity index is 1090. The van der Waals surface area contributed by atoms with E-state index in [0.29, 0.717) is 18.2 Å². The van der Waals surface area contributed by atoms with E-state index in [1.165, 1.54) is 12.1 Å². The first-order valence-electron chi connectivity index (χ1n) is 9.78. The Balaban J connectivity index is 1.76. The van der Waals surface area contributed by atoms with Crippen molar-refractivity contribution in [3.8, 4) is 11.5 Å². The van der Waals surface area contributed by atoms with Gasteiger partial charge in [-0.3, -0.25) is 5.43 Å². The van der Waals surface area contributed by atoms with Crippen LogP contribution in [0.25, 0.3) is 0 Å². The number of fused-ring (bicyclic) bond motifs is 1. The lowest BCUT2D eigenvalue weighted by Gasteiger charge is -2.11. The molecule has 0 saturated heterocycles. The van der Waals surface area contributed by atoms with E-state index in [0.717, 1.165) is 40.3 Å². The minimum atomic E-state index is -0.298. The molecule has 0 aliphatic carbocycles. The number of aliphatic imine (C=N–C) groups is 1. The van der Waals surface area contributed by atoms with Crippen LogP contribution in [0, 0.1) is 5.82 Å². The van der Waals surface area contributed by atoms with E-state index >= 15 is 0 Å². The smallest absolute Gasteiger partial charge is 0.154 e. The monoisotopic (exact) mass is 403 g/mol. The van der Waals surface area contributed by atoms with E-state index in [2.05, 4.69) is 17.5 Å². The number of methoxy groups -OCH3 is 1. The number of hydrazone groups is 1. The van der Waals surface area contributed by atoms with Crippen molar-refractivity contribution in [2.75, 3.05) is 13.7 Å². The minimum absolute atomic E-state index is 0.298. The number of halogens is 1. The molecule has 1 aliphatic rings. The highest BCUT2D eigenvalue weighted by Crippen LogP contribution is 2.30. The lowest BCUT2D eigenvalue weighted by molar-refractivity contribution is 0.317. The second-order valence-electron chi connectivity index (χ2n) is 6.80. The molecule has 0 saturated carbocycles. The molecule has 1 heterocycles. The highest BCUT2D eigenvalue weighted by atomic mass is 19.1. The summed E-state index contributed by atoms with van der Waals surface area (Å²) in [5.74, 6) is 1.77. The molecule has 5 nitrogen and oxygen atoms in total. The fourth-order valence-electron chi connectivity index (χ4n) is 3.13. The predicted octanol–water partition coefficient (Wildman–Crippen LogP) is 5.06. The summed E-state index contributed by atoms with van der Waals surface area (Å²) in [6.45, 7) is 2.75. The molecule has 3 aromatic carbocycles. The van der Waals surface area contributed by atoms with Crippen LogP contribution in [-0.2, 0) is 0 Å². The summed E-state index contributed by atoms with van der Waals surface area (Å²) in [5.41, 5.74) is 7.00. The van der Waals surface area contributed by atoms with Crippen LogP contribution < -0.4 is 14.9 Å². The van der Waals surface area contributed by atoms with E-state index in [9.17, 15) is 4.39 Å². The van der Waals surface area contributed by atoms with Crippen molar-refractivity contribution < 1.29 is 13.9 Å². The van der Waals surface area contributed by atoms with Gasteiger partial charge in [-0.15, -0.1) is 0 Å². The fourth-order valence-corrected chi connectivity index (χ4v) is 3.13. The Morgan fingerprint density at radius 3 is 2.30 bits per heavy atom. The van der Waals surface area contributed by atoms with Gasteiger partial charge < -0.3 is 9.47 Å². The highest BCUT2D eigenvalue weighted by Gasteiger charge is 2.18. The number of nitrogens with zero attached hydrogens (tertiary/aromatic N) is 2. The Morgan fingerprint density at radius 1 is 0.900 bits per heavy atom. The van der Waals surface area contributed by atoms with Crippen LogP contribution in [-0.4, -0.2) is 25.3 Å². The summed E-state index contributed by atoms with van der Waals surface area (Å²) >= 11 is 0. The number of amidine groups is 1. The zero-order chi connectivity index (χ0) is 20.9. The number of hydrogen-bond donors (Lipinski definition) is 1. The average Bonchev–Trinajstić information content (AvgIpc) is 2.98. The maximum atomic E-state index is 13.3. The predicted molar refractivity (Wildman–Crippen MR) is 117 cm³/mol. The largest absolute Gasteiger partial charge is 0.497 e. The van der Waals surface area contributed by atoms with Gasteiger partial charge in [0.25, 0.3) is 0 Å². The molecular formula is C24H22FN3O2. The SMILES string of the molecule is CCCOc1ccc(C2=NNC(c3ccc(F)cc3)=Nc3ccc(OC)cc32)cc1. The number of benzene rings is 3. The average molecular weight is 403 g/mol. The topological polar surface area (TPSA) is 55.2 Å². The van der Waals surface area contributed by atoms with Crippen LogP contribution in [0.1, 0.15) is 30.0 Å². The molecule has 0 spiro atoms. The minimum Gasteiger partial charge on any atom is -0.497 e. The van der Waals surface area contributed by atoms with Crippen LogP contribution >= 0.6 is 0 Å². The van der Waals surface area contributed by atoms with Gasteiger partial charge in [-0.2, -0.15) is 5.10 Å². The van der Waals surface area contributed by atoms with Gasteiger partial charge in [-0.25, -0.2) is 9.38 Å². The van der Waals surface area contributed by atoms with Crippen LogP contribution in [0.5, 0.6) is 11.5 Å². The number of hydrogen-bond acceptors (Lipinski definition) is 5. The molecule has 0 aromatic heterocycles. The molecule has 30 heavy (non-hydrogen) atoms. The van der Waals surface area contributed by atoms with Crippen LogP contribution in [0.4, 0.5) is 10.1 Å². The lowest BCUT2D eigenvalue weighted by Crippen LogP contribution is -2.19. The van der Waals surface area contributed by atoms with E-state index in [4.69, 9.17) is 14.5 Å². The Kier molecular flexibility index (Phi) is 5.75. The fraction of sp³-hybridized carbons (Fsp3) is 0.167. The maximum absolute atomic E-state index is 13.3. The first-order chi connectivity index (χ1) is 14.7. The standard InChI is InChI=1S/C24H22FN3O2/c1-3-14-30-19-10-6-16(7-11-19)23-21-15-20(29-2)12-13-22(21)26-24(28-27-23)17-4-8-18(25)9-5-17/h4-13,15H,3,14H2,1-2H3,(H,26,28). The van der Waals surface area contributed by atoms with Crippen molar-refractivity contribution in [3.05, 3.63) is 89.2 Å². The van der Waals surface area contributed by atoms with Crippen molar-refractivity contribution in [2.45, 2.75) is 13.3 Å². The maximum Gasteiger partial charge on any atom is 0.154 e. The second kappa shape index (κ2) is 8.78. The van der Waals surface area contributed by atoms with Crippen LogP contribution in [0.15, 0.2) is 76.8 Å². The quantitative estimate of drug-likeness (QED) is 0.626. The van der Waals surface area contributed by atoms with Gasteiger partial charge in [0.2, 0.25) is 0 Å². The molecule has 1 N–H and O–H groups in total. The van der Waals surface area contributed by atoms with Gasteiger partial charge in [0.05, 0.1) is 19.4 Å². The molecule has 6 heteroatoms. The summed E-state index contributed by atoms with van der Waals surface area (Å²) < 4.78 is 24.4. The van der Waals surface area contributed by atoms with Gasteiger partial charge in [0, 0.05) is 16.7 Å². The molecule has 4 rings (SSSR count). The zero-order valence-electron chi connectivity index (χ0n) is 16.9. The van der Waals surface area contributed by atoms with E-state index in [1.54, 1.807) is 19.2 Å². The molecule has 152 valence electrons. The number of rotatable bonds is 6. The molecule has 0 bridgehead atoms. The number of ether oxygens (including phenoxy) is 2. The van der Waals surface area contributed by atoms with Gasteiger partial charge in [-0.05, 0) is 73.2 Å². The van der Waals surface area contributed by atoms with Gasteiger partial charge in [-0.1, -0.05) is 6.92 Å². The molecule has 0 fully saturated rings. The third-order valence-corrected chi connectivity index (χ3v) is 4.68. The molecule has 1 aliphatic heterocycles. The highest BCUT2D eigenvalue weighted by molar-refractivity contribution is 6.18. The van der Waals surface area contributed by atoms with Crippen molar-refractivity contribution in [1.82, 2.24) is 5.43 Å². The zero-order valence-corrected chi connectivity index (χ0v) is 16.9. The van der Waals surface area contributed by atoms with E-state index in [-0.39, 0.29) is 5.82 Å². The van der Waals surface area contributed by atoms with Crippen LogP contribution in [0.3, 0.4) is 0 Å².